The molecule has 102 valence electrons. The quantitative estimate of drug-likeness (QED) is 0.888. The highest BCUT2D eigenvalue weighted by Gasteiger charge is 2.16. The molecule has 0 unspecified atom stereocenters. The summed E-state index contributed by atoms with van der Waals surface area (Å²) in [6.07, 6.45) is 3.80. The lowest BCUT2D eigenvalue weighted by atomic mass is 10.2. The van der Waals surface area contributed by atoms with Crippen molar-refractivity contribution >= 4 is 33.7 Å². The molecule has 0 saturated heterocycles. The third-order valence-electron chi connectivity index (χ3n) is 3.18. The van der Waals surface area contributed by atoms with E-state index in [1.165, 1.54) is 41.2 Å². The monoisotopic (exact) mass is 295 g/mol. The van der Waals surface area contributed by atoms with Gasteiger partial charge < -0.3 is 15.8 Å². The van der Waals surface area contributed by atoms with Crippen molar-refractivity contribution < 1.29 is 4.74 Å². The summed E-state index contributed by atoms with van der Waals surface area (Å²) in [5.74, 6) is 1.17. The van der Waals surface area contributed by atoms with Crippen molar-refractivity contribution in [3.8, 4) is 5.75 Å². The molecule has 0 aliphatic heterocycles. The van der Waals surface area contributed by atoms with Gasteiger partial charge in [0.25, 0.3) is 0 Å². The number of aryl methyl sites for hydroxylation is 2. The normalized spacial score (nSPS) is 13.5. The van der Waals surface area contributed by atoms with Crippen molar-refractivity contribution in [1.29, 1.82) is 0 Å². The first-order valence-electron chi connectivity index (χ1n) is 6.50. The third kappa shape index (κ3) is 2.55. The minimum Gasteiger partial charge on any atom is -0.487 e. The highest BCUT2D eigenvalue weighted by Crippen LogP contribution is 2.36. The van der Waals surface area contributed by atoms with Crippen LogP contribution in [0.3, 0.4) is 0 Å². The molecule has 2 aromatic rings. The van der Waals surface area contributed by atoms with Gasteiger partial charge in [0, 0.05) is 9.75 Å². The Balaban J connectivity index is 1.68. The van der Waals surface area contributed by atoms with E-state index in [9.17, 15) is 0 Å². The smallest absolute Gasteiger partial charge is 0.197 e. The highest BCUT2D eigenvalue weighted by atomic mass is 32.1. The first kappa shape index (κ1) is 12.7. The molecule has 2 aromatic heterocycles. The number of hydrogen-bond acceptors (Lipinski definition) is 6. The van der Waals surface area contributed by atoms with Gasteiger partial charge in [-0.15, -0.1) is 11.3 Å². The third-order valence-corrected chi connectivity index (χ3v) is 5.22. The van der Waals surface area contributed by atoms with Gasteiger partial charge in [-0.25, -0.2) is 0 Å². The van der Waals surface area contributed by atoms with E-state index in [1.807, 2.05) is 18.3 Å². The van der Waals surface area contributed by atoms with Crippen LogP contribution in [0.5, 0.6) is 5.75 Å². The number of rotatable bonds is 5. The Morgan fingerprint density at radius 1 is 1.47 bits per heavy atom. The minimum absolute atomic E-state index is 0.475. The maximum absolute atomic E-state index is 5.79. The topological polar surface area (TPSA) is 60.2 Å². The summed E-state index contributed by atoms with van der Waals surface area (Å²) in [5.41, 5.74) is 7.33. The Hall–Kier alpha value is -1.27. The van der Waals surface area contributed by atoms with Gasteiger partial charge in [0.15, 0.2) is 16.6 Å². The number of nitrogen functional groups attached to an aromatic ring is 1. The van der Waals surface area contributed by atoms with E-state index in [0.717, 1.165) is 11.5 Å². The van der Waals surface area contributed by atoms with E-state index in [0.29, 0.717) is 18.2 Å². The highest BCUT2D eigenvalue weighted by molar-refractivity contribution is 7.12. The molecular formula is C13H17N3OS2. The lowest BCUT2D eigenvalue weighted by Gasteiger charge is -2.06. The molecule has 19 heavy (non-hydrogen) atoms. The maximum Gasteiger partial charge on any atom is 0.197 e. The predicted molar refractivity (Wildman–Crippen MR) is 81.4 cm³/mol. The van der Waals surface area contributed by atoms with Gasteiger partial charge in [-0.3, -0.25) is 0 Å². The predicted octanol–water partition coefficient (Wildman–Crippen LogP) is 3.29. The Morgan fingerprint density at radius 3 is 3.16 bits per heavy atom. The van der Waals surface area contributed by atoms with Gasteiger partial charge >= 0.3 is 0 Å². The first-order valence-corrected chi connectivity index (χ1v) is 8.09. The Morgan fingerprint density at radius 2 is 2.37 bits per heavy atom. The van der Waals surface area contributed by atoms with Crippen LogP contribution in [0.1, 0.15) is 28.7 Å². The Bertz CT molecular complexity index is 555. The van der Waals surface area contributed by atoms with E-state index in [4.69, 9.17) is 10.5 Å². The zero-order chi connectivity index (χ0) is 13.2. The van der Waals surface area contributed by atoms with Gasteiger partial charge in [0.2, 0.25) is 0 Å². The fourth-order valence-electron chi connectivity index (χ4n) is 2.34. The van der Waals surface area contributed by atoms with Crippen LogP contribution in [-0.2, 0) is 19.4 Å². The van der Waals surface area contributed by atoms with Crippen LogP contribution in [0.25, 0.3) is 0 Å². The standard InChI is InChI=1S/C13H17N3OS2/c1-2-17-11-12(14)16-19-13(11)15-7-9-6-8-4-3-5-10(8)18-9/h6,15H,2-5,7H2,1H3,(H2,14,16). The van der Waals surface area contributed by atoms with Crippen LogP contribution >= 0.6 is 22.9 Å². The molecule has 1 aliphatic carbocycles. The fraction of sp³-hybridized carbons (Fsp3) is 0.462. The van der Waals surface area contributed by atoms with E-state index in [-0.39, 0.29) is 0 Å². The van der Waals surface area contributed by atoms with Crippen molar-refractivity contribution in [1.82, 2.24) is 4.37 Å². The summed E-state index contributed by atoms with van der Waals surface area (Å²) in [6, 6.07) is 2.32. The second-order valence-corrected chi connectivity index (χ2v) is 6.52. The SMILES string of the molecule is CCOc1c(N)nsc1NCc1cc2c(s1)CCC2. The van der Waals surface area contributed by atoms with Crippen LogP contribution in [0, 0.1) is 0 Å². The minimum atomic E-state index is 0.475. The second kappa shape index (κ2) is 5.38. The summed E-state index contributed by atoms with van der Waals surface area (Å²) in [7, 11) is 0. The van der Waals surface area contributed by atoms with Crippen molar-refractivity contribution in [2.24, 2.45) is 0 Å². The summed E-state index contributed by atoms with van der Waals surface area (Å²) >= 11 is 3.28. The molecule has 3 N–H and O–H groups in total. The molecule has 0 amide bonds. The average Bonchev–Trinajstić information content (AvgIpc) is 3.04. The molecule has 0 spiro atoms. The zero-order valence-electron chi connectivity index (χ0n) is 10.9. The van der Waals surface area contributed by atoms with Crippen molar-refractivity contribution in [2.45, 2.75) is 32.7 Å². The fourth-order valence-corrected chi connectivity index (χ4v) is 4.19. The van der Waals surface area contributed by atoms with Gasteiger partial charge in [-0.2, -0.15) is 4.37 Å². The average molecular weight is 295 g/mol. The lowest BCUT2D eigenvalue weighted by Crippen LogP contribution is -2.00. The molecule has 0 saturated carbocycles. The Kier molecular flexibility index (Phi) is 3.61. The molecule has 4 nitrogen and oxygen atoms in total. The molecule has 0 fully saturated rings. The molecule has 1 aliphatic rings. The van der Waals surface area contributed by atoms with Crippen LogP contribution in [-0.4, -0.2) is 11.0 Å². The van der Waals surface area contributed by atoms with Crippen LogP contribution in [0.2, 0.25) is 0 Å². The summed E-state index contributed by atoms with van der Waals surface area (Å²) < 4.78 is 9.65. The number of fused-ring (bicyclic) bond motifs is 1. The molecule has 6 heteroatoms. The zero-order valence-corrected chi connectivity index (χ0v) is 12.5. The van der Waals surface area contributed by atoms with E-state index < -0.39 is 0 Å². The number of nitrogens with one attached hydrogen (secondary N) is 1. The van der Waals surface area contributed by atoms with Gasteiger partial charge in [0.05, 0.1) is 13.2 Å². The molecule has 0 atom stereocenters. The molecular weight excluding hydrogens is 278 g/mol. The number of anilines is 2. The lowest BCUT2D eigenvalue weighted by molar-refractivity contribution is 0.344. The summed E-state index contributed by atoms with van der Waals surface area (Å²) in [4.78, 5) is 2.93. The largest absolute Gasteiger partial charge is 0.487 e. The molecule has 0 aromatic carbocycles. The van der Waals surface area contributed by atoms with Crippen LogP contribution < -0.4 is 15.8 Å². The molecule has 0 bridgehead atoms. The van der Waals surface area contributed by atoms with Gasteiger partial charge in [-0.1, -0.05) is 0 Å². The van der Waals surface area contributed by atoms with Gasteiger partial charge in [0.1, 0.15) is 0 Å². The molecule has 0 radical (unpaired) electrons. The van der Waals surface area contributed by atoms with E-state index in [1.54, 1.807) is 4.88 Å². The number of thiophene rings is 1. The number of nitrogens with zero attached hydrogens (tertiary/aromatic N) is 1. The number of ether oxygens (including phenoxy) is 1. The summed E-state index contributed by atoms with van der Waals surface area (Å²) in [6.45, 7) is 3.37. The number of nitrogens with two attached hydrogens (primary N) is 1. The van der Waals surface area contributed by atoms with Gasteiger partial charge in [-0.05, 0) is 49.3 Å². The number of hydrogen-bond donors (Lipinski definition) is 2. The Labute approximate surface area is 120 Å². The van der Waals surface area contributed by atoms with Crippen LogP contribution in [0.4, 0.5) is 10.8 Å². The van der Waals surface area contributed by atoms with E-state index in [2.05, 4.69) is 15.8 Å². The number of aromatic nitrogens is 1. The van der Waals surface area contributed by atoms with E-state index >= 15 is 0 Å². The van der Waals surface area contributed by atoms with Crippen molar-refractivity contribution in [2.75, 3.05) is 17.7 Å². The first-order chi connectivity index (χ1) is 9.28. The van der Waals surface area contributed by atoms with Crippen molar-refractivity contribution in [3.05, 3.63) is 21.4 Å². The van der Waals surface area contributed by atoms with Crippen molar-refractivity contribution in [3.63, 3.8) is 0 Å². The second-order valence-electron chi connectivity index (χ2n) is 4.53. The maximum atomic E-state index is 5.79. The molecule has 2 heterocycles. The summed E-state index contributed by atoms with van der Waals surface area (Å²) in [5, 5.41) is 4.31. The molecule has 3 rings (SSSR count). The van der Waals surface area contributed by atoms with Crippen LogP contribution in [0.15, 0.2) is 6.07 Å².